The number of nitrogens with one attached hydrogen (secondary N) is 2. The van der Waals surface area contributed by atoms with Crippen LogP contribution in [0, 0.1) is 29.5 Å². The zero-order valence-corrected chi connectivity index (χ0v) is 30.9. The molecule has 4 amide bonds. The fourth-order valence-electron chi connectivity index (χ4n) is 8.74. The van der Waals surface area contributed by atoms with Crippen LogP contribution in [0.15, 0.2) is 53.4 Å². The van der Waals surface area contributed by atoms with Gasteiger partial charge in [-0.3, -0.25) is 9.59 Å². The Morgan fingerprint density at radius 1 is 0.923 bits per heavy atom. The van der Waals surface area contributed by atoms with Gasteiger partial charge in [-0.05, 0) is 95.4 Å². The van der Waals surface area contributed by atoms with E-state index in [1.807, 2.05) is 4.72 Å². The normalized spacial score (nSPS) is 26.2. The molecule has 1 heterocycles. The van der Waals surface area contributed by atoms with Crippen molar-refractivity contribution < 1.29 is 41.1 Å². The van der Waals surface area contributed by atoms with E-state index in [9.17, 15) is 36.4 Å². The van der Waals surface area contributed by atoms with Gasteiger partial charge in [0, 0.05) is 30.0 Å². The SMILES string of the molecule is CC(C)(C)OC(=O)N[C@H](CF)C1CCC(C(=O)[N+]2(c3ccc(C(=O)NS(=O)(=O)c4ccccc4F)cc3)CC[C@@H](C3CCCCC3)[C@H]2C(N)=O)CC1. The van der Waals surface area contributed by atoms with Crippen molar-refractivity contribution >= 4 is 39.5 Å². The van der Waals surface area contributed by atoms with Crippen LogP contribution in [-0.4, -0.2) is 63.1 Å². The summed E-state index contributed by atoms with van der Waals surface area (Å²) >= 11 is 0. The third kappa shape index (κ3) is 8.48. The lowest BCUT2D eigenvalue weighted by Crippen LogP contribution is -2.65. The summed E-state index contributed by atoms with van der Waals surface area (Å²) in [6.45, 7) is 4.73. The van der Waals surface area contributed by atoms with E-state index < -0.39 is 68.9 Å². The average Bonchev–Trinajstić information content (AvgIpc) is 3.52. The summed E-state index contributed by atoms with van der Waals surface area (Å²) in [4.78, 5) is 53.3. The number of carbonyl (C=O) groups excluding carboxylic acids is 4. The molecule has 52 heavy (non-hydrogen) atoms. The highest BCUT2D eigenvalue weighted by atomic mass is 32.2. The van der Waals surface area contributed by atoms with Crippen molar-refractivity contribution in [3.63, 3.8) is 0 Å². The zero-order valence-electron chi connectivity index (χ0n) is 30.1. The van der Waals surface area contributed by atoms with Crippen LogP contribution in [0.2, 0.25) is 0 Å². The summed E-state index contributed by atoms with van der Waals surface area (Å²) in [5.74, 6) is -3.32. The Balaban J connectivity index is 1.41. The van der Waals surface area contributed by atoms with Crippen LogP contribution in [0.5, 0.6) is 0 Å². The van der Waals surface area contributed by atoms with Crippen LogP contribution >= 0.6 is 0 Å². The number of alkyl carbamates (subject to hydrolysis) is 1. The van der Waals surface area contributed by atoms with Crippen LogP contribution in [-0.2, 0) is 24.3 Å². The standard InChI is InChI=1S/C38H50F2N4O7S/c1-38(2,3)51-37(48)42-31(23-39)25-13-15-27(16-14-25)36(47)44(22-21-29(33(44)34(41)45)24-9-5-4-6-10-24)28-19-17-26(18-20-28)35(46)43-52(49,50)32-12-8-7-11-30(32)40/h7-8,11-12,17-20,24-25,27,29,31,33H,4-6,9-10,13-16,21-23H2,1-3H3,(H3-,41,42,43,45,46,48)/p+1/t25?,27?,29-,31+,33-,44?/m0/s1. The molecule has 3 aliphatic rings. The van der Waals surface area contributed by atoms with Crippen molar-refractivity contribution in [2.24, 2.45) is 29.4 Å². The summed E-state index contributed by atoms with van der Waals surface area (Å²) in [5.41, 5.74) is 5.89. The predicted octanol–water partition coefficient (Wildman–Crippen LogP) is 5.90. The minimum Gasteiger partial charge on any atom is -0.444 e. The van der Waals surface area contributed by atoms with E-state index in [0.717, 1.165) is 44.2 Å². The van der Waals surface area contributed by atoms with Crippen LogP contribution in [0.1, 0.15) is 95.3 Å². The molecule has 1 saturated heterocycles. The highest BCUT2D eigenvalue weighted by molar-refractivity contribution is 7.90. The molecule has 1 unspecified atom stereocenters. The van der Waals surface area contributed by atoms with E-state index in [2.05, 4.69) is 5.32 Å². The van der Waals surface area contributed by atoms with E-state index in [4.69, 9.17) is 10.5 Å². The molecule has 3 fully saturated rings. The van der Waals surface area contributed by atoms with E-state index in [0.29, 0.717) is 44.3 Å². The van der Waals surface area contributed by atoms with E-state index >= 15 is 0 Å². The number of ether oxygens (including phenoxy) is 1. The zero-order chi connectivity index (χ0) is 37.8. The number of sulfonamides is 1. The molecule has 4 N–H and O–H groups in total. The molecule has 0 aromatic heterocycles. The Morgan fingerprint density at radius 2 is 1.56 bits per heavy atom. The van der Waals surface area contributed by atoms with Crippen LogP contribution in [0.3, 0.4) is 0 Å². The van der Waals surface area contributed by atoms with Gasteiger partial charge in [0.15, 0.2) is 6.04 Å². The Bertz CT molecular complexity index is 1740. The van der Waals surface area contributed by atoms with Gasteiger partial charge in [-0.25, -0.2) is 36.0 Å². The predicted molar refractivity (Wildman–Crippen MR) is 191 cm³/mol. The number of quaternary nitrogens is 1. The first-order valence-electron chi connectivity index (χ1n) is 18.3. The topological polar surface area (TPSA) is 162 Å². The second kappa shape index (κ2) is 16.0. The average molecular weight is 746 g/mol. The molecule has 0 bridgehead atoms. The van der Waals surface area contributed by atoms with E-state index in [1.165, 1.54) is 24.3 Å². The number of benzene rings is 2. The number of carbonyl (C=O) groups is 4. The molecule has 0 radical (unpaired) electrons. The number of hydrogen-bond acceptors (Lipinski definition) is 7. The van der Waals surface area contributed by atoms with E-state index in [1.54, 1.807) is 32.9 Å². The monoisotopic (exact) mass is 745 g/mol. The van der Waals surface area contributed by atoms with Crippen molar-refractivity contribution in [1.29, 1.82) is 0 Å². The number of amides is 4. The molecular formula is C38H51F2N4O7S+. The second-order valence-corrected chi connectivity index (χ2v) is 17.2. The van der Waals surface area contributed by atoms with Gasteiger partial charge in [0.2, 0.25) is 0 Å². The lowest BCUT2D eigenvalue weighted by Gasteiger charge is -2.42. The highest BCUT2D eigenvalue weighted by Gasteiger charge is 2.60. The fraction of sp³-hybridized carbons (Fsp3) is 0.579. The summed E-state index contributed by atoms with van der Waals surface area (Å²) in [7, 11) is -4.52. The molecule has 1 aliphatic heterocycles. The smallest absolute Gasteiger partial charge is 0.407 e. The summed E-state index contributed by atoms with van der Waals surface area (Å²) in [6, 6.07) is 9.02. The number of rotatable bonds is 10. The molecule has 0 spiro atoms. The summed E-state index contributed by atoms with van der Waals surface area (Å²) in [6.07, 6.45) is 6.78. The number of nitrogens with zero attached hydrogens (tertiary/aromatic N) is 1. The highest BCUT2D eigenvalue weighted by Crippen LogP contribution is 2.47. The number of nitrogens with two attached hydrogens (primary N) is 1. The lowest BCUT2D eigenvalue weighted by molar-refractivity contribution is -0.142. The molecule has 2 aromatic carbocycles. The number of alkyl halides is 1. The van der Waals surface area contributed by atoms with Gasteiger partial charge < -0.3 is 15.8 Å². The number of likely N-dealkylation sites (tertiary alicyclic amines) is 1. The van der Waals surface area contributed by atoms with Crippen LogP contribution in [0.4, 0.5) is 19.3 Å². The summed E-state index contributed by atoms with van der Waals surface area (Å²) in [5, 5.41) is 2.65. The minimum atomic E-state index is -4.52. The van der Waals surface area contributed by atoms with E-state index in [-0.39, 0.29) is 33.7 Å². The van der Waals surface area contributed by atoms with Crippen molar-refractivity contribution in [2.45, 2.75) is 108 Å². The lowest BCUT2D eigenvalue weighted by atomic mass is 9.75. The van der Waals surface area contributed by atoms with Gasteiger partial charge in [-0.2, -0.15) is 0 Å². The molecule has 14 heteroatoms. The summed E-state index contributed by atoms with van der Waals surface area (Å²) < 4.78 is 61.0. The minimum absolute atomic E-state index is 0.0387. The second-order valence-electron chi connectivity index (χ2n) is 15.6. The first-order chi connectivity index (χ1) is 24.6. The fourth-order valence-corrected chi connectivity index (χ4v) is 9.79. The Labute approximate surface area is 304 Å². The molecule has 2 saturated carbocycles. The van der Waals surface area contributed by atoms with Gasteiger partial charge in [0.25, 0.3) is 21.8 Å². The van der Waals surface area contributed by atoms with Gasteiger partial charge in [0.05, 0.1) is 18.5 Å². The Kier molecular flexibility index (Phi) is 12.1. The molecular weight excluding hydrogens is 695 g/mol. The van der Waals surface area contributed by atoms with Gasteiger partial charge in [0.1, 0.15) is 28.7 Å². The molecule has 4 atom stereocenters. The third-order valence-corrected chi connectivity index (χ3v) is 12.5. The van der Waals surface area contributed by atoms with Crippen molar-refractivity contribution in [3.05, 3.63) is 59.9 Å². The van der Waals surface area contributed by atoms with Crippen LogP contribution in [0.25, 0.3) is 0 Å². The quantitative estimate of drug-likeness (QED) is 0.255. The first kappa shape index (κ1) is 39.3. The largest absolute Gasteiger partial charge is 0.444 e. The molecule has 2 aromatic rings. The maximum Gasteiger partial charge on any atom is 0.407 e. The number of halogens is 2. The Hall–Kier alpha value is -3.91. The van der Waals surface area contributed by atoms with Gasteiger partial charge >= 0.3 is 12.0 Å². The maximum absolute atomic E-state index is 14.9. The van der Waals surface area contributed by atoms with Crippen LogP contribution < -0.4 is 20.3 Å². The van der Waals surface area contributed by atoms with Crippen molar-refractivity contribution in [2.75, 3.05) is 13.2 Å². The van der Waals surface area contributed by atoms with Gasteiger partial charge in [-0.15, -0.1) is 0 Å². The number of hydrogen-bond donors (Lipinski definition) is 3. The van der Waals surface area contributed by atoms with Crippen molar-refractivity contribution in [3.8, 4) is 0 Å². The van der Waals surface area contributed by atoms with Crippen molar-refractivity contribution in [1.82, 2.24) is 14.5 Å². The molecule has 2 aliphatic carbocycles. The maximum atomic E-state index is 14.9. The Morgan fingerprint density at radius 3 is 2.13 bits per heavy atom. The molecule has 5 rings (SSSR count). The number of primary amides is 1. The van der Waals surface area contributed by atoms with Gasteiger partial charge in [-0.1, -0.05) is 31.4 Å². The third-order valence-electron chi connectivity index (χ3n) is 11.1. The molecule has 284 valence electrons. The molecule has 11 nitrogen and oxygen atoms in total. The first-order valence-corrected chi connectivity index (χ1v) is 19.7.